The number of rotatable bonds is 4. The van der Waals surface area contributed by atoms with Crippen LogP contribution >= 0.6 is 11.3 Å². The van der Waals surface area contributed by atoms with Gasteiger partial charge >= 0.3 is 0 Å². The van der Waals surface area contributed by atoms with Crippen LogP contribution in [0.5, 0.6) is 0 Å². The maximum absolute atomic E-state index is 12.0. The zero-order valence-corrected chi connectivity index (χ0v) is 12.9. The second kappa shape index (κ2) is 6.49. The summed E-state index contributed by atoms with van der Waals surface area (Å²) in [7, 11) is 0. The van der Waals surface area contributed by atoms with Crippen molar-refractivity contribution >= 4 is 17.2 Å². The fraction of sp³-hybridized carbons (Fsp3) is 0.118. The van der Waals surface area contributed by atoms with Crippen LogP contribution in [0.15, 0.2) is 54.2 Å². The summed E-state index contributed by atoms with van der Waals surface area (Å²) in [6.45, 7) is 2.48. The number of aryl methyl sites for hydroxylation is 1. The van der Waals surface area contributed by atoms with E-state index in [0.29, 0.717) is 12.1 Å². The van der Waals surface area contributed by atoms with Crippen molar-refractivity contribution in [3.05, 3.63) is 71.0 Å². The van der Waals surface area contributed by atoms with Crippen molar-refractivity contribution in [3.8, 4) is 10.6 Å². The molecule has 5 heteroatoms. The summed E-state index contributed by atoms with van der Waals surface area (Å²) < 4.78 is 0. The number of carbonyl (C=O) groups is 1. The van der Waals surface area contributed by atoms with Crippen LogP contribution in [0, 0.1) is 6.92 Å². The minimum Gasteiger partial charge on any atom is -0.346 e. The van der Waals surface area contributed by atoms with Crippen molar-refractivity contribution in [1.82, 2.24) is 15.3 Å². The number of carbonyl (C=O) groups excluding carboxylic acids is 1. The van der Waals surface area contributed by atoms with E-state index in [1.807, 2.05) is 5.38 Å². The minimum absolute atomic E-state index is 0.118. The lowest BCUT2D eigenvalue weighted by molar-refractivity contribution is 0.0950. The largest absolute Gasteiger partial charge is 0.346 e. The molecule has 110 valence electrons. The van der Waals surface area contributed by atoms with E-state index in [1.165, 1.54) is 5.56 Å². The van der Waals surface area contributed by atoms with Gasteiger partial charge in [0.05, 0.1) is 12.2 Å². The first kappa shape index (κ1) is 14.4. The van der Waals surface area contributed by atoms with Gasteiger partial charge < -0.3 is 5.32 Å². The fourth-order valence-corrected chi connectivity index (χ4v) is 2.82. The first-order valence-electron chi connectivity index (χ1n) is 6.92. The third kappa shape index (κ3) is 3.38. The summed E-state index contributed by atoms with van der Waals surface area (Å²) >= 11 is 1.58. The molecule has 2 aromatic heterocycles. The van der Waals surface area contributed by atoms with Gasteiger partial charge in [0.15, 0.2) is 0 Å². The standard InChI is InChI=1S/C17H15N3OS/c1-12-2-4-14(5-3-12)17-20-15(11-22-17)10-19-16(21)13-6-8-18-9-7-13/h2-9,11H,10H2,1H3,(H,19,21). The Kier molecular flexibility index (Phi) is 4.25. The Balaban J connectivity index is 1.65. The number of hydrogen-bond donors (Lipinski definition) is 1. The predicted octanol–water partition coefficient (Wildman–Crippen LogP) is 3.44. The highest BCUT2D eigenvalue weighted by Gasteiger charge is 2.07. The van der Waals surface area contributed by atoms with Crippen LogP contribution in [-0.4, -0.2) is 15.9 Å². The van der Waals surface area contributed by atoms with Gasteiger partial charge in [-0.15, -0.1) is 11.3 Å². The van der Waals surface area contributed by atoms with Gasteiger partial charge in [-0.25, -0.2) is 4.98 Å². The third-order valence-corrected chi connectivity index (χ3v) is 4.16. The molecule has 22 heavy (non-hydrogen) atoms. The predicted molar refractivity (Wildman–Crippen MR) is 87.7 cm³/mol. The lowest BCUT2D eigenvalue weighted by Gasteiger charge is -2.02. The molecule has 0 bridgehead atoms. The monoisotopic (exact) mass is 309 g/mol. The van der Waals surface area contributed by atoms with Crippen molar-refractivity contribution in [2.75, 3.05) is 0 Å². The maximum Gasteiger partial charge on any atom is 0.251 e. The molecule has 1 amide bonds. The van der Waals surface area contributed by atoms with E-state index in [-0.39, 0.29) is 5.91 Å². The molecule has 0 spiro atoms. The van der Waals surface area contributed by atoms with E-state index in [9.17, 15) is 4.79 Å². The number of nitrogens with one attached hydrogen (secondary N) is 1. The van der Waals surface area contributed by atoms with E-state index in [0.717, 1.165) is 16.3 Å². The first-order chi connectivity index (χ1) is 10.7. The van der Waals surface area contributed by atoms with E-state index in [4.69, 9.17) is 0 Å². The Morgan fingerprint density at radius 1 is 1.14 bits per heavy atom. The number of hydrogen-bond acceptors (Lipinski definition) is 4. The molecule has 3 aromatic rings. The van der Waals surface area contributed by atoms with Gasteiger partial charge in [0, 0.05) is 28.9 Å². The average molecular weight is 309 g/mol. The zero-order valence-electron chi connectivity index (χ0n) is 12.1. The summed E-state index contributed by atoms with van der Waals surface area (Å²) in [5.74, 6) is -0.118. The maximum atomic E-state index is 12.0. The molecule has 0 unspecified atom stereocenters. The van der Waals surface area contributed by atoms with Crippen LogP contribution in [0.4, 0.5) is 0 Å². The number of thiazole rings is 1. The van der Waals surface area contributed by atoms with Crippen molar-refractivity contribution in [2.45, 2.75) is 13.5 Å². The van der Waals surface area contributed by atoms with Gasteiger partial charge in [-0.05, 0) is 19.1 Å². The van der Waals surface area contributed by atoms with E-state index >= 15 is 0 Å². The Hall–Kier alpha value is -2.53. The van der Waals surface area contributed by atoms with Crippen LogP contribution in [0.25, 0.3) is 10.6 Å². The summed E-state index contributed by atoms with van der Waals surface area (Å²) in [5, 5.41) is 5.81. The van der Waals surface area contributed by atoms with Crippen LogP contribution in [-0.2, 0) is 6.54 Å². The van der Waals surface area contributed by atoms with Crippen molar-refractivity contribution in [2.24, 2.45) is 0 Å². The van der Waals surface area contributed by atoms with Gasteiger partial charge in [-0.3, -0.25) is 9.78 Å². The zero-order chi connectivity index (χ0) is 15.4. The Bertz CT molecular complexity index is 766. The quantitative estimate of drug-likeness (QED) is 0.803. The van der Waals surface area contributed by atoms with Crippen LogP contribution in [0.2, 0.25) is 0 Å². The molecule has 0 aliphatic rings. The van der Waals surface area contributed by atoms with Gasteiger partial charge in [-0.2, -0.15) is 0 Å². The van der Waals surface area contributed by atoms with Crippen LogP contribution in [0.3, 0.4) is 0 Å². The van der Waals surface area contributed by atoms with E-state index < -0.39 is 0 Å². The number of amides is 1. The number of benzene rings is 1. The highest BCUT2D eigenvalue weighted by molar-refractivity contribution is 7.13. The Morgan fingerprint density at radius 2 is 1.86 bits per heavy atom. The van der Waals surface area contributed by atoms with Crippen LogP contribution in [0.1, 0.15) is 21.6 Å². The van der Waals surface area contributed by atoms with Crippen LogP contribution < -0.4 is 5.32 Å². The lowest BCUT2D eigenvalue weighted by Crippen LogP contribution is -2.22. The number of nitrogens with zero attached hydrogens (tertiary/aromatic N) is 2. The number of pyridine rings is 1. The molecule has 1 N–H and O–H groups in total. The third-order valence-electron chi connectivity index (χ3n) is 3.22. The highest BCUT2D eigenvalue weighted by atomic mass is 32.1. The van der Waals surface area contributed by atoms with Crippen molar-refractivity contribution < 1.29 is 4.79 Å². The lowest BCUT2D eigenvalue weighted by atomic mass is 10.2. The Labute approximate surface area is 132 Å². The normalized spacial score (nSPS) is 10.4. The SMILES string of the molecule is Cc1ccc(-c2nc(CNC(=O)c3ccncc3)cs2)cc1. The second-order valence-corrected chi connectivity index (χ2v) is 5.79. The molecule has 0 saturated heterocycles. The highest BCUT2D eigenvalue weighted by Crippen LogP contribution is 2.23. The summed E-state index contributed by atoms with van der Waals surface area (Å²) in [6.07, 6.45) is 3.21. The molecular weight excluding hydrogens is 294 g/mol. The molecule has 4 nitrogen and oxygen atoms in total. The molecule has 0 aliphatic carbocycles. The van der Waals surface area contributed by atoms with Gasteiger partial charge in [0.25, 0.3) is 5.91 Å². The molecule has 2 heterocycles. The molecule has 0 aliphatic heterocycles. The van der Waals surface area contributed by atoms with Gasteiger partial charge in [-0.1, -0.05) is 29.8 Å². The van der Waals surface area contributed by atoms with Gasteiger partial charge in [0.1, 0.15) is 5.01 Å². The second-order valence-electron chi connectivity index (χ2n) is 4.93. The molecular formula is C17H15N3OS. The molecule has 0 atom stereocenters. The number of aromatic nitrogens is 2. The molecule has 0 saturated carbocycles. The average Bonchev–Trinajstić information content (AvgIpc) is 3.03. The van der Waals surface area contributed by atoms with Gasteiger partial charge in [0.2, 0.25) is 0 Å². The van der Waals surface area contributed by atoms with E-state index in [2.05, 4.69) is 46.5 Å². The van der Waals surface area contributed by atoms with Crippen molar-refractivity contribution in [1.29, 1.82) is 0 Å². The Morgan fingerprint density at radius 3 is 2.59 bits per heavy atom. The smallest absolute Gasteiger partial charge is 0.251 e. The fourth-order valence-electron chi connectivity index (χ4n) is 1.99. The molecule has 1 aromatic carbocycles. The summed E-state index contributed by atoms with van der Waals surface area (Å²) in [6, 6.07) is 11.6. The molecule has 0 radical (unpaired) electrons. The topological polar surface area (TPSA) is 54.9 Å². The summed E-state index contributed by atoms with van der Waals surface area (Å²) in [4.78, 5) is 20.4. The first-order valence-corrected chi connectivity index (χ1v) is 7.80. The molecule has 3 rings (SSSR count). The van der Waals surface area contributed by atoms with E-state index in [1.54, 1.807) is 35.9 Å². The minimum atomic E-state index is -0.118. The van der Waals surface area contributed by atoms with Crippen molar-refractivity contribution in [3.63, 3.8) is 0 Å². The summed E-state index contributed by atoms with van der Waals surface area (Å²) in [5.41, 5.74) is 3.79. The molecule has 0 fully saturated rings.